The largest absolute Gasteiger partial charge is 0.437 e. The fraction of sp³-hybridized carbons (Fsp3) is 0.0455. The van der Waals surface area contributed by atoms with E-state index < -0.39 is 11.7 Å². The van der Waals surface area contributed by atoms with Crippen molar-refractivity contribution < 1.29 is 22.7 Å². The number of anilines is 1. The van der Waals surface area contributed by atoms with Crippen molar-refractivity contribution in [3.8, 4) is 22.8 Å². The van der Waals surface area contributed by atoms with E-state index in [1.165, 1.54) is 12.3 Å². The minimum absolute atomic E-state index is 0.146. The number of benzene rings is 2. The van der Waals surface area contributed by atoms with Crippen molar-refractivity contribution in [3.05, 3.63) is 79.1 Å². The summed E-state index contributed by atoms with van der Waals surface area (Å²) < 4.78 is 45.0. The van der Waals surface area contributed by atoms with Gasteiger partial charge in [-0.1, -0.05) is 24.8 Å². The number of rotatable bonds is 5. The number of carbonyl (C=O) groups is 1. The summed E-state index contributed by atoms with van der Waals surface area (Å²) in [7, 11) is 0. The first-order valence-electron chi connectivity index (χ1n) is 9.06. The van der Waals surface area contributed by atoms with E-state index in [0.29, 0.717) is 33.7 Å². The molecule has 0 atom stereocenters. The molecule has 0 spiro atoms. The van der Waals surface area contributed by atoms with Gasteiger partial charge in [0, 0.05) is 23.5 Å². The van der Waals surface area contributed by atoms with Crippen LogP contribution >= 0.6 is 0 Å². The molecule has 0 saturated heterocycles. The molecule has 31 heavy (non-hydrogen) atoms. The van der Waals surface area contributed by atoms with Crippen LogP contribution in [0.25, 0.3) is 22.3 Å². The monoisotopic (exact) mass is 424 g/mol. The predicted molar refractivity (Wildman–Crippen MR) is 110 cm³/mol. The van der Waals surface area contributed by atoms with Gasteiger partial charge in [-0.3, -0.25) is 4.79 Å². The van der Waals surface area contributed by atoms with Gasteiger partial charge in [0.05, 0.1) is 11.8 Å². The normalized spacial score (nSPS) is 11.3. The number of carbonyl (C=O) groups excluding carboxylic acids is 1. The Hall–Kier alpha value is -4.14. The molecule has 9 heteroatoms. The van der Waals surface area contributed by atoms with E-state index in [-0.39, 0.29) is 11.8 Å². The van der Waals surface area contributed by atoms with Gasteiger partial charge in [0.15, 0.2) is 5.65 Å². The van der Waals surface area contributed by atoms with Crippen LogP contribution in [0.15, 0.2) is 73.6 Å². The Morgan fingerprint density at radius 1 is 1.16 bits per heavy atom. The number of fused-ring (bicyclic) bond motifs is 1. The quantitative estimate of drug-likeness (QED) is 0.411. The van der Waals surface area contributed by atoms with Gasteiger partial charge in [0.2, 0.25) is 11.8 Å². The Kier molecular flexibility index (Phi) is 5.16. The maximum Gasteiger partial charge on any atom is 0.416 e. The molecule has 1 amide bonds. The minimum atomic E-state index is -4.45. The number of H-pyrrole nitrogens is 1. The summed E-state index contributed by atoms with van der Waals surface area (Å²) in [6.07, 6.45) is -0.360. The van der Waals surface area contributed by atoms with Gasteiger partial charge in [-0.2, -0.15) is 13.2 Å². The molecular formula is C22H15F3N4O2. The van der Waals surface area contributed by atoms with Crippen LogP contribution < -0.4 is 10.1 Å². The fourth-order valence-corrected chi connectivity index (χ4v) is 2.96. The molecule has 2 N–H and O–H groups in total. The molecule has 4 aromatic rings. The molecule has 4 rings (SSSR count). The molecule has 156 valence electrons. The Balaban J connectivity index is 1.66. The molecule has 2 aromatic carbocycles. The zero-order chi connectivity index (χ0) is 22.0. The second-order valence-electron chi connectivity index (χ2n) is 6.51. The summed E-state index contributed by atoms with van der Waals surface area (Å²) in [5.41, 5.74) is 1.34. The summed E-state index contributed by atoms with van der Waals surface area (Å²) in [6, 6.07) is 11.6. The summed E-state index contributed by atoms with van der Waals surface area (Å²) >= 11 is 0. The lowest BCUT2D eigenvalue weighted by Crippen LogP contribution is -2.07. The number of nitrogens with one attached hydrogen (secondary N) is 2. The first kappa shape index (κ1) is 20.1. The lowest BCUT2D eigenvalue weighted by atomic mass is 10.0. The smallest absolute Gasteiger partial charge is 0.416 e. The van der Waals surface area contributed by atoms with Crippen LogP contribution in [0.1, 0.15) is 5.56 Å². The number of halogens is 3. The number of hydrogen-bond acceptors (Lipinski definition) is 4. The lowest BCUT2D eigenvalue weighted by Gasteiger charge is -2.09. The standard InChI is InChI=1S/C22H15F3N4O2/c1-2-18(30)28-15-7-4-8-16(10-15)31-19-12-27-21-20(29-19)17(11-26-21)13-5-3-6-14(9-13)22(23,24)25/h2-12H,1H2,(H,26,27)(H,28,30). The summed E-state index contributed by atoms with van der Waals surface area (Å²) in [5, 5.41) is 2.62. The summed E-state index contributed by atoms with van der Waals surface area (Å²) in [6.45, 7) is 3.40. The highest BCUT2D eigenvalue weighted by atomic mass is 19.4. The molecule has 0 aliphatic rings. The maximum absolute atomic E-state index is 13.1. The van der Waals surface area contributed by atoms with Crippen LogP contribution in [0.2, 0.25) is 0 Å². The average molecular weight is 424 g/mol. The molecule has 6 nitrogen and oxygen atoms in total. The number of amides is 1. The van der Waals surface area contributed by atoms with Gasteiger partial charge < -0.3 is 15.0 Å². The van der Waals surface area contributed by atoms with E-state index in [1.807, 2.05) is 0 Å². The van der Waals surface area contributed by atoms with Gasteiger partial charge >= 0.3 is 6.18 Å². The molecular weight excluding hydrogens is 409 g/mol. The summed E-state index contributed by atoms with van der Waals surface area (Å²) in [4.78, 5) is 23.0. The van der Waals surface area contributed by atoms with Gasteiger partial charge in [0.25, 0.3) is 0 Å². The predicted octanol–water partition coefficient (Wildman–Crippen LogP) is 5.56. The highest BCUT2D eigenvalue weighted by Crippen LogP contribution is 2.34. The first-order chi connectivity index (χ1) is 14.8. The molecule has 0 aliphatic carbocycles. The van der Waals surface area contributed by atoms with Crippen LogP contribution in [0.5, 0.6) is 11.6 Å². The number of ether oxygens (including phenoxy) is 1. The topological polar surface area (TPSA) is 79.9 Å². The third-order valence-corrected chi connectivity index (χ3v) is 4.37. The average Bonchev–Trinajstić information content (AvgIpc) is 3.17. The van der Waals surface area contributed by atoms with Crippen molar-refractivity contribution in [1.82, 2.24) is 15.0 Å². The second kappa shape index (κ2) is 7.94. The molecule has 0 unspecified atom stereocenters. The van der Waals surface area contributed by atoms with Crippen molar-refractivity contribution in [2.24, 2.45) is 0 Å². The summed E-state index contributed by atoms with van der Waals surface area (Å²) in [5.74, 6) is 0.176. The van der Waals surface area contributed by atoms with Crippen molar-refractivity contribution in [2.75, 3.05) is 5.32 Å². The zero-order valence-electron chi connectivity index (χ0n) is 15.9. The Morgan fingerprint density at radius 2 is 1.97 bits per heavy atom. The van der Waals surface area contributed by atoms with Crippen molar-refractivity contribution in [3.63, 3.8) is 0 Å². The Bertz CT molecular complexity index is 1280. The maximum atomic E-state index is 13.1. The molecule has 0 bridgehead atoms. The highest BCUT2D eigenvalue weighted by Gasteiger charge is 2.30. The van der Waals surface area contributed by atoms with E-state index in [2.05, 4.69) is 26.8 Å². The lowest BCUT2D eigenvalue weighted by molar-refractivity contribution is -0.137. The Labute approximate surface area is 174 Å². The van der Waals surface area contributed by atoms with Crippen molar-refractivity contribution in [2.45, 2.75) is 6.18 Å². The molecule has 2 heterocycles. The van der Waals surface area contributed by atoms with E-state index >= 15 is 0 Å². The number of hydrogen-bond donors (Lipinski definition) is 2. The van der Waals surface area contributed by atoms with E-state index in [0.717, 1.165) is 18.2 Å². The number of aromatic nitrogens is 3. The highest BCUT2D eigenvalue weighted by molar-refractivity contribution is 5.99. The van der Waals surface area contributed by atoms with E-state index in [1.54, 1.807) is 36.5 Å². The van der Waals surface area contributed by atoms with Crippen LogP contribution in [0.3, 0.4) is 0 Å². The molecule has 2 aromatic heterocycles. The SMILES string of the molecule is C=CC(=O)Nc1cccc(Oc2cnc3[nH]cc(-c4cccc(C(F)(F)F)c4)c3n2)c1. The van der Waals surface area contributed by atoms with Crippen LogP contribution in [0, 0.1) is 0 Å². The Morgan fingerprint density at radius 3 is 2.74 bits per heavy atom. The fourth-order valence-electron chi connectivity index (χ4n) is 2.96. The number of aromatic amines is 1. The number of nitrogens with zero attached hydrogens (tertiary/aromatic N) is 2. The zero-order valence-corrected chi connectivity index (χ0v) is 15.9. The van der Waals surface area contributed by atoms with Gasteiger partial charge in [-0.15, -0.1) is 0 Å². The molecule has 0 saturated carbocycles. The minimum Gasteiger partial charge on any atom is -0.437 e. The van der Waals surface area contributed by atoms with E-state index in [4.69, 9.17) is 4.74 Å². The van der Waals surface area contributed by atoms with Crippen LogP contribution in [-0.4, -0.2) is 20.9 Å². The van der Waals surface area contributed by atoms with Gasteiger partial charge in [0.1, 0.15) is 11.3 Å². The van der Waals surface area contributed by atoms with Crippen molar-refractivity contribution >= 4 is 22.8 Å². The van der Waals surface area contributed by atoms with Gasteiger partial charge in [-0.25, -0.2) is 9.97 Å². The van der Waals surface area contributed by atoms with E-state index in [9.17, 15) is 18.0 Å². The first-order valence-corrected chi connectivity index (χ1v) is 9.06. The molecule has 0 radical (unpaired) electrons. The molecule has 0 fully saturated rings. The number of alkyl halides is 3. The van der Waals surface area contributed by atoms with Gasteiger partial charge in [-0.05, 0) is 35.9 Å². The third kappa shape index (κ3) is 4.40. The van der Waals surface area contributed by atoms with Crippen molar-refractivity contribution in [1.29, 1.82) is 0 Å². The van der Waals surface area contributed by atoms with Crippen LogP contribution in [0.4, 0.5) is 18.9 Å². The van der Waals surface area contributed by atoms with Crippen LogP contribution in [-0.2, 0) is 11.0 Å². The third-order valence-electron chi connectivity index (χ3n) is 4.37. The second-order valence-corrected chi connectivity index (χ2v) is 6.51. The molecule has 0 aliphatic heterocycles.